The van der Waals surface area contributed by atoms with Crippen LogP contribution in [-0.2, 0) is 11.3 Å². The third-order valence-corrected chi connectivity index (χ3v) is 4.62. The van der Waals surface area contributed by atoms with Crippen molar-refractivity contribution < 1.29 is 13.9 Å². The first kappa shape index (κ1) is 18.3. The molecule has 0 spiro atoms. The fraction of sp³-hybridized carbons (Fsp3) is 0.474. The van der Waals surface area contributed by atoms with Gasteiger partial charge in [0.05, 0.1) is 31.9 Å². The van der Waals surface area contributed by atoms with Crippen LogP contribution in [0.25, 0.3) is 11.3 Å². The summed E-state index contributed by atoms with van der Waals surface area (Å²) in [5.41, 5.74) is 0.948. The van der Waals surface area contributed by atoms with Crippen molar-refractivity contribution in [1.29, 1.82) is 0 Å². The SMILES string of the molecule is COc1ccc(-c2ccc(CNCCCN3CCOCC3)o2)cc1Cl. The molecule has 0 amide bonds. The Hall–Kier alpha value is -1.53. The molecule has 0 unspecified atom stereocenters. The smallest absolute Gasteiger partial charge is 0.137 e. The summed E-state index contributed by atoms with van der Waals surface area (Å²) in [5.74, 6) is 2.40. The summed E-state index contributed by atoms with van der Waals surface area (Å²) in [6.45, 7) is 6.63. The lowest BCUT2D eigenvalue weighted by molar-refractivity contribution is 0.0374. The maximum atomic E-state index is 6.18. The Morgan fingerprint density at radius 1 is 1.20 bits per heavy atom. The first-order chi connectivity index (χ1) is 12.3. The van der Waals surface area contributed by atoms with Crippen LogP contribution in [0.1, 0.15) is 12.2 Å². The van der Waals surface area contributed by atoms with E-state index in [1.807, 2.05) is 30.3 Å². The molecule has 3 rings (SSSR count). The van der Waals surface area contributed by atoms with Crippen LogP contribution in [0.2, 0.25) is 5.02 Å². The summed E-state index contributed by atoms with van der Waals surface area (Å²) < 4.78 is 16.4. The molecule has 1 fully saturated rings. The van der Waals surface area contributed by atoms with Crippen LogP contribution in [0, 0.1) is 0 Å². The third kappa shape index (κ3) is 5.22. The number of ether oxygens (including phenoxy) is 2. The molecule has 6 heteroatoms. The molecule has 1 aliphatic heterocycles. The van der Waals surface area contributed by atoms with Crippen LogP contribution in [0.5, 0.6) is 5.75 Å². The van der Waals surface area contributed by atoms with Gasteiger partial charge in [-0.3, -0.25) is 4.90 Å². The second-order valence-corrected chi connectivity index (χ2v) is 6.51. The zero-order valence-electron chi connectivity index (χ0n) is 14.6. The Balaban J connectivity index is 1.43. The van der Waals surface area contributed by atoms with Crippen molar-refractivity contribution in [3.8, 4) is 17.1 Å². The number of rotatable bonds is 8. The van der Waals surface area contributed by atoms with Crippen LogP contribution < -0.4 is 10.1 Å². The highest BCUT2D eigenvalue weighted by molar-refractivity contribution is 6.32. The zero-order chi connectivity index (χ0) is 17.5. The quantitative estimate of drug-likeness (QED) is 0.727. The summed E-state index contributed by atoms with van der Waals surface area (Å²) in [7, 11) is 1.61. The molecular formula is C19H25ClN2O3. The molecular weight excluding hydrogens is 340 g/mol. The monoisotopic (exact) mass is 364 g/mol. The molecule has 0 aliphatic carbocycles. The van der Waals surface area contributed by atoms with Gasteiger partial charge in [-0.25, -0.2) is 0 Å². The van der Waals surface area contributed by atoms with E-state index in [4.69, 9.17) is 25.5 Å². The van der Waals surface area contributed by atoms with Crippen molar-refractivity contribution in [2.45, 2.75) is 13.0 Å². The number of morpholine rings is 1. The maximum absolute atomic E-state index is 6.18. The number of halogens is 1. The molecule has 1 saturated heterocycles. The molecule has 0 bridgehead atoms. The fourth-order valence-electron chi connectivity index (χ4n) is 2.91. The van der Waals surface area contributed by atoms with Gasteiger partial charge in [-0.1, -0.05) is 11.6 Å². The van der Waals surface area contributed by atoms with Crippen molar-refractivity contribution in [2.75, 3.05) is 46.5 Å². The van der Waals surface area contributed by atoms with E-state index in [0.29, 0.717) is 10.8 Å². The average molecular weight is 365 g/mol. The number of nitrogens with zero attached hydrogens (tertiary/aromatic N) is 1. The first-order valence-corrected chi connectivity index (χ1v) is 9.07. The molecule has 0 saturated carbocycles. The second-order valence-electron chi connectivity index (χ2n) is 6.10. The molecule has 1 aromatic carbocycles. The normalized spacial score (nSPS) is 15.4. The molecule has 25 heavy (non-hydrogen) atoms. The lowest BCUT2D eigenvalue weighted by atomic mass is 10.2. The highest BCUT2D eigenvalue weighted by Crippen LogP contribution is 2.31. The van der Waals surface area contributed by atoms with E-state index in [1.54, 1.807) is 7.11 Å². The Morgan fingerprint density at radius 2 is 2.04 bits per heavy atom. The molecule has 1 aliphatic rings. The molecule has 2 aromatic rings. The van der Waals surface area contributed by atoms with Crippen LogP contribution >= 0.6 is 11.6 Å². The number of nitrogens with one attached hydrogen (secondary N) is 1. The molecule has 1 aromatic heterocycles. The molecule has 1 N–H and O–H groups in total. The van der Waals surface area contributed by atoms with Gasteiger partial charge in [-0.2, -0.15) is 0 Å². The van der Waals surface area contributed by atoms with Gasteiger partial charge >= 0.3 is 0 Å². The minimum absolute atomic E-state index is 0.583. The molecule has 2 heterocycles. The minimum atomic E-state index is 0.583. The van der Waals surface area contributed by atoms with Gasteiger partial charge in [-0.15, -0.1) is 0 Å². The van der Waals surface area contributed by atoms with Crippen molar-refractivity contribution in [3.63, 3.8) is 0 Å². The van der Waals surface area contributed by atoms with Gasteiger partial charge < -0.3 is 19.2 Å². The fourth-order valence-corrected chi connectivity index (χ4v) is 3.17. The van der Waals surface area contributed by atoms with E-state index in [9.17, 15) is 0 Å². The van der Waals surface area contributed by atoms with Crippen molar-refractivity contribution in [3.05, 3.63) is 41.1 Å². The summed E-state index contributed by atoms with van der Waals surface area (Å²) in [4.78, 5) is 2.45. The van der Waals surface area contributed by atoms with E-state index in [-0.39, 0.29) is 0 Å². The third-order valence-electron chi connectivity index (χ3n) is 4.33. The van der Waals surface area contributed by atoms with Crippen LogP contribution in [0.15, 0.2) is 34.7 Å². The summed E-state index contributed by atoms with van der Waals surface area (Å²) in [6, 6.07) is 9.64. The van der Waals surface area contributed by atoms with Gasteiger partial charge in [0.15, 0.2) is 0 Å². The van der Waals surface area contributed by atoms with Crippen LogP contribution in [0.3, 0.4) is 0 Å². The Kier molecular flexibility index (Phi) is 6.76. The predicted octanol–water partition coefficient (Wildman–Crippen LogP) is 3.42. The summed E-state index contributed by atoms with van der Waals surface area (Å²) >= 11 is 6.18. The number of hydrogen-bond acceptors (Lipinski definition) is 5. The number of hydrogen-bond donors (Lipinski definition) is 1. The largest absolute Gasteiger partial charge is 0.495 e. The predicted molar refractivity (Wildman–Crippen MR) is 99.3 cm³/mol. The van der Waals surface area contributed by atoms with Gasteiger partial charge in [0, 0.05) is 18.7 Å². The topological polar surface area (TPSA) is 46.9 Å². The Bertz CT molecular complexity index is 668. The lowest BCUT2D eigenvalue weighted by Crippen LogP contribution is -2.37. The van der Waals surface area contributed by atoms with E-state index in [0.717, 1.165) is 69.4 Å². The summed E-state index contributed by atoms with van der Waals surface area (Å²) in [6.07, 6.45) is 1.13. The van der Waals surface area contributed by atoms with Gasteiger partial charge in [-0.05, 0) is 49.8 Å². The number of methoxy groups -OCH3 is 1. The average Bonchev–Trinajstić information content (AvgIpc) is 3.11. The van der Waals surface area contributed by atoms with Crippen molar-refractivity contribution in [2.24, 2.45) is 0 Å². The van der Waals surface area contributed by atoms with Crippen LogP contribution in [-0.4, -0.2) is 51.4 Å². The van der Waals surface area contributed by atoms with E-state index >= 15 is 0 Å². The van der Waals surface area contributed by atoms with E-state index < -0.39 is 0 Å². The van der Waals surface area contributed by atoms with E-state index in [1.165, 1.54) is 0 Å². The zero-order valence-corrected chi connectivity index (χ0v) is 15.3. The van der Waals surface area contributed by atoms with E-state index in [2.05, 4.69) is 10.2 Å². The minimum Gasteiger partial charge on any atom is -0.495 e. The Labute approximate surface area is 153 Å². The summed E-state index contributed by atoms with van der Waals surface area (Å²) in [5, 5.41) is 4.02. The first-order valence-electron chi connectivity index (χ1n) is 8.70. The van der Waals surface area contributed by atoms with Crippen LogP contribution in [0.4, 0.5) is 0 Å². The maximum Gasteiger partial charge on any atom is 0.137 e. The highest BCUT2D eigenvalue weighted by atomic mass is 35.5. The van der Waals surface area contributed by atoms with Gasteiger partial charge in [0.1, 0.15) is 17.3 Å². The van der Waals surface area contributed by atoms with Gasteiger partial charge in [0.2, 0.25) is 0 Å². The van der Waals surface area contributed by atoms with Crippen molar-refractivity contribution in [1.82, 2.24) is 10.2 Å². The number of benzene rings is 1. The number of furan rings is 1. The highest BCUT2D eigenvalue weighted by Gasteiger charge is 2.10. The second kappa shape index (κ2) is 9.25. The molecule has 136 valence electrons. The molecule has 0 radical (unpaired) electrons. The molecule has 5 nitrogen and oxygen atoms in total. The lowest BCUT2D eigenvalue weighted by Gasteiger charge is -2.26. The Morgan fingerprint density at radius 3 is 2.80 bits per heavy atom. The molecule has 0 atom stereocenters. The van der Waals surface area contributed by atoms with Gasteiger partial charge in [0.25, 0.3) is 0 Å². The van der Waals surface area contributed by atoms with Crippen molar-refractivity contribution >= 4 is 11.6 Å². The standard InChI is InChI=1S/C19H25ClN2O3/c1-23-19-5-3-15(13-17(19)20)18-6-4-16(25-18)14-21-7-2-8-22-9-11-24-12-10-22/h3-6,13,21H,2,7-12,14H2,1H3.